The molecule has 0 aromatic carbocycles. The maximum Gasteiger partial charge on any atom is 0.306 e. The normalized spacial score (nSPS) is 19.1. The van der Waals surface area contributed by atoms with Crippen molar-refractivity contribution in [1.82, 2.24) is 5.32 Å². The molecule has 86 heavy (non-hydrogen) atoms. The van der Waals surface area contributed by atoms with E-state index in [0.29, 0.717) is 12.8 Å². The maximum absolute atomic E-state index is 13.5. The van der Waals surface area contributed by atoms with E-state index in [-0.39, 0.29) is 19.4 Å². The quantitative estimate of drug-likeness (QED) is 0.0195. The minimum absolute atomic E-state index is 0.109. The summed E-state index contributed by atoms with van der Waals surface area (Å²) in [6, 6.07) is -1.05. The van der Waals surface area contributed by atoms with E-state index in [1.807, 2.05) is 6.08 Å². The molecule has 1 amide bonds. The van der Waals surface area contributed by atoms with Crippen molar-refractivity contribution in [1.29, 1.82) is 0 Å². The molecule has 8 unspecified atom stereocenters. The van der Waals surface area contributed by atoms with Gasteiger partial charge >= 0.3 is 5.97 Å². The van der Waals surface area contributed by atoms with Crippen LogP contribution in [0.1, 0.15) is 278 Å². The van der Waals surface area contributed by atoms with Gasteiger partial charge in [-0.15, -0.1) is 0 Å². The Bertz CT molecular complexity index is 1860. The topological polar surface area (TPSA) is 175 Å². The molecule has 11 heteroatoms. The fraction of sp³-hybridized carbons (Fsp3) is 0.707. The number of aliphatic hydroxyl groups excluding tert-OH is 5. The van der Waals surface area contributed by atoms with E-state index in [9.17, 15) is 35.1 Å². The number of nitrogens with one attached hydrogen (secondary N) is 1. The fourth-order valence-corrected chi connectivity index (χ4v) is 10.1. The van der Waals surface area contributed by atoms with Gasteiger partial charge in [-0.25, -0.2) is 0 Å². The van der Waals surface area contributed by atoms with Gasteiger partial charge in [0.05, 0.1) is 25.4 Å². The molecule has 0 radical (unpaired) electrons. The molecular formula is C75H127NO10. The molecule has 11 nitrogen and oxygen atoms in total. The molecule has 1 aliphatic heterocycles. The van der Waals surface area contributed by atoms with Crippen molar-refractivity contribution in [3.8, 4) is 0 Å². The Morgan fingerprint density at radius 1 is 0.465 bits per heavy atom. The van der Waals surface area contributed by atoms with E-state index >= 15 is 0 Å². The van der Waals surface area contributed by atoms with E-state index in [0.717, 1.165) is 128 Å². The van der Waals surface area contributed by atoms with Gasteiger partial charge < -0.3 is 45.1 Å². The van der Waals surface area contributed by atoms with Gasteiger partial charge in [0.1, 0.15) is 24.4 Å². The molecule has 1 fully saturated rings. The Balaban J connectivity index is 2.63. The van der Waals surface area contributed by atoms with Crippen LogP contribution >= 0.6 is 0 Å². The van der Waals surface area contributed by atoms with Crippen molar-refractivity contribution >= 4 is 11.9 Å². The molecule has 0 spiro atoms. The summed E-state index contributed by atoms with van der Waals surface area (Å²) in [5.74, 6) is -1.23. The zero-order valence-corrected chi connectivity index (χ0v) is 54.6. The van der Waals surface area contributed by atoms with Crippen molar-refractivity contribution in [3.05, 3.63) is 122 Å². The van der Waals surface area contributed by atoms with Gasteiger partial charge in [-0.05, 0) is 116 Å². The lowest BCUT2D eigenvalue weighted by molar-refractivity contribution is -0.305. The Kier molecular flexibility index (Phi) is 57.1. The first kappa shape index (κ1) is 80.1. The van der Waals surface area contributed by atoms with E-state index in [1.54, 1.807) is 6.08 Å². The fourth-order valence-electron chi connectivity index (χ4n) is 10.1. The molecule has 0 aromatic rings. The standard InChI is InChI=1S/C75H127NO10/c1-4-7-10-13-16-19-22-25-27-29-31-33-35-37-39-41-43-45-48-51-54-57-60-63-70(80)86-73-72(82)71(81)69(64-77)85-75(73)84-65-66(67(78)61-58-55-52-49-46-24-21-18-15-12-9-6-3)76-74(83)68(79)62-59-56-53-50-47-44-42-40-38-36-34-32-30-28-26-23-20-17-14-11-8-5-2/h8,11,16-17,19-20,25-28,31-34,38,40,44,47,58,61,66-69,71-73,75,77-79,81-82H,4-7,9-10,12-15,18,21-24,29-30,35-37,39,41-43,45-46,48-57,59-60,62-65H2,1-3H3,(H,76,83)/b11-8-,19-16-,20-17-,27-25-,28-26-,33-31-,34-32-,40-38-,47-44-,61-58+. The van der Waals surface area contributed by atoms with Crippen molar-refractivity contribution < 1.29 is 49.3 Å². The first-order chi connectivity index (χ1) is 42.2. The minimum Gasteiger partial charge on any atom is -0.454 e. The Labute approximate surface area is 525 Å². The van der Waals surface area contributed by atoms with Crippen molar-refractivity contribution in [2.45, 2.75) is 327 Å². The highest BCUT2D eigenvalue weighted by atomic mass is 16.7. The third-order valence-electron chi connectivity index (χ3n) is 15.6. The SMILES string of the molecule is CC/C=C\C/C=C\C/C=C\C/C=C\C/C=C\C/C=C\CCCCCC(O)C(=O)NC(COC1OC(CO)C(O)C(O)C1OC(=O)CCCCCCCCCCCC/C=C\C/C=C\C/C=C\CCCCC)C(O)/C=C/CCCCCCCCCCCC. The number of esters is 1. The Hall–Kier alpha value is -3.94. The third-order valence-corrected chi connectivity index (χ3v) is 15.6. The van der Waals surface area contributed by atoms with Gasteiger partial charge in [0.15, 0.2) is 12.4 Å². The highest BCUT2D eigenvalue weighted by molar-refractivity contribution is 5.80. The van der Waals surface area contributed by atoms with Gasteiger partial charge in [-0.2, -0.15) is 0 Å². The number of carbonyl (C=O) groups is 2. The monoisotopic (exact) mass is 1200 g/mol. The second-order valence-electron chi connectivity index (χ2n) is 23.5. The van der Waals surface area contributed by atoms with E-state index in [1.165, 1.54) is 103 Å². The lowest BCUT2D eigenvalue weighted by atomic mass is 9.99. The summed E-state index contributed by atoms with van der Waals surface area (Å²) in [5, 5.41) is 57.2. The molecule has 1 aliphatic rings. The average Bonchev–Trinajstić information content (AvgIpc) is 3.59. The molecule has 1 rings (SSSR count). The smallest absolute Gasteiger partial charge is 0.306 e. The number of hydrogen-bond acceptors (Lipinski definition) is 10. The summed E-state index contributed by atoms with van der Waals surface area (Å²) in [6.07, 6.45) is 75.1. The summed E-state index contributed by atoms with van der Waals surface area (Å²) < 4.78 is 17.7. The molecule has 0 aromatic heterocycles. The average molecular weight is 1200 g/mol. The molecule has 0 saturated carbocycles. The first-order valence-electron chi connectivity index (χ1n) is 34.8. The number of rotatable bonds is 58. The molecule has 0 aliphatic carbocycles. The predicted molar refractivity (Wildman–Crippen MR) is 361 cm³/mol. The molecular weight excluding hydrogens is 1070 g/mol. The van der Waals surface area contributed by atoms with Crippen LogP contribution in [0.25, 0.3) is 0 Å². The van der Waals surface area contributed by atoms with Crippen molar-refractivity contribution in [2.24, 2.45) is 0 Å². The third kappa shape index (κ3) is 48.0. The molecule has 1 saturated heterocycles. The van der Waals surface area contributed by atoms with E-state index in [4.69, 9.17) is 14.2 Å². The zero-order chi connectivity index (χ0) is 62.4. The summed E-state index contributed by atoms with van der Waals surface area (Å²) in [7, 11) is 0. The van der Waals surface area contributed by atoms with Crippen molar-refractivity contribution in [2.75, 3.05) is 13.2 Å². The highest BCUT2D eigenvalue weighted by Crippen LogP contribution is 2.26. The van der Waals surface area contributed by atoms with Gasteiger partial charge in [0.25, 0.3) is 0 Å². The van der Waals surface area contributed by atoms with Crippen LogP contribution < -0.4 is 5.32 Å². The largest absolute Gasteiger partial charge is 0.454 e. The van der Waals surface area contributed by atoms with E-state index in [2.05, 4.69) is 135 Å². The summed E-state index contributed by atoms with van der Waals surface area (Å²) >= 11 is 0. The number of carbonyl (C=O) groups excluding carboxylic acids is 2. The summed E-state index contributed by atoms with van der Waals surface area (Å²) in [5.41, 5.74) is 0. The molecule has 8 atom stereocenters. The van der Waals surface area contributed by atoms with Gasteiger partial charge in [0.2, 0.25) is 5.91 Å². The molecule has 6 N–H and O–H groups in total. The summed E-state index contributed by atoms with van der Waals surface area (Å²) in [6.45, 7) is 5.64. The lowest BCUT2D eigenvalue weighted by Crippen LogP contribution is -2.61. The number of aliphatic hydroxyl groups is 5. The van der Waals surface area contributed by atoms with Crippen LogP contribution in [0.5, 0.6) is 0 Å². The van der Waals surface area contributed by atoms with Crippen LogP contribution in [0.2, 0.25) is 0 Å². The van der Waals surface area contributed by atoms with Crippen LogP contribution in [0, 0.1) is 0 Å². The van der Waals surface area contributed by atoms with Crippen LogP contribution in [-0.4, -0.2) is 99.6 Å². The summed E-state index contributed by atoms with van der Waals surface area (Å²) in [4.78, 5) is 26.7. The minimum atomic E-state index is -1.63. The van der Waals surface area contributed by atoms with Gasteiger partial charge in [-0.3, -0.25) is 9.59 Å². The highest BCUT2D eigenvalue weighted by Gasteiger charge is 2.47. The lowest BCUT2D eigenvalue weighted by Gasteiger charge is -2.41. The van der Waals surface area contributed by atoms with Crippen LogP contribution in [0.4, 0.5) is 0 Å². The van der Waals surface area contributed by atoms with Gasteiger partial charge in [0, 0.05) is 6.42 Å². The number of ether oxygens (including phenoxy) is 3. The predicted octanol–water partition coefficient (Wildman–Crippen LogP) is 17.8. The molecule has 0 bridgehead atoms. The molecule has 492 valence electrons. The second kappa shape index (κ2) is 61.3. The number of unbranched alkanes of at least 4 members (excludes halogenated alkanes) is 26. The second-order valence-corrected chi connectivity index (χ2v) is 23.5. The number of amides is 1. The zero-order valence-electron chi connectivity index (χ0n) is 54.6. The number of hydrogen-bond donors (Lipinski definition) is 6. The van der Waals surface area contributed by atoms with Crippen LogP contribution in [0.15, 0.2) is 122 Å². The Morgan fingerprint density at radius 2 is 0.837 bits per heavy atom. The van der Waals surface area contributed by atoms with Gasteiger partial charge in [-0.1, -0.05) is 277 Å². The van der Waals surface area contributed by atoms with E-state index < -0.39 is 67.4 Å². The Morgan fingerprint density at radius 3 is 1.28 bits per heavy atom. The number of allylic oxidation sites excluding steroid dienone is 19. The maximum atomic E-state index is 13.5. The molecule has 1 heterocycles. The first-order valence-corrected chi connectivity index (χ1v) is 34.8. The van der Waals surface area contributed by atoms with Crippen LogP contribution in [-0.2, 0) is 23.8 Å². The van der Waals surface area contributed by atoms with Crippen LogP contribution in [0.3, 0.4) is 0 Å². The van der Waals surface area contributed by atoms with Crippen molar-refractivity contribution in [3.63, 3.8) is 0 Å².